The number of carbonyl (C=O) groups is 1. The number of hydrogen-bond acceptors (Lipinski definition) is 5. The molecular formula is C30H43N3O4Si. The summed E-state index contributed by atoms with van der Waals surface area (Å²) in [5.74, 6) is 1.80. The van der Waals surface area contributed by atoms with Crippen LogP contribution in [-0.4, -0.2) is 26.5 Å². The molecular weight excluding hydrogens is 494 g/mol. The smallest absolute Gasteiger partial charge is 0.338 e. The molecule has 1 aliphatic rings. The summed E-state index contributed by atoms with van der Waals surface area (Å²) >= 11 is 0. The predicted molar refractivity (Wildman–Crippen MR) is 155 cm³/mol. The van der Waals surface area contributed by atoms with E-state index in [1.807, 2.05) is 0 Å². The molecule has 0 aliphatic carbocycles. The number of rotatable bonds is 12. The fourth-order valence-electron chi connectivity index (χ4n) is 5.01. The lowest BCUT2D eigenvalue weighted by Crippen LogP contribution is -2.37. The summed E-state index contributed by atoms with van der Waals surface area (Å²) < 4.78 is 18.6. The zero-order valence-electron chi connectivity index (χ0n) is 24.1. The van der Waals surface area contributed by atoms with Crippen LogP contribution in [0.4, 0.5) is 5.69 Å². The Morgan fingerprint density at radius 2 is 1.68 bits per heavy atom. The monoisotopic (exact) mass is 537 g/mol. The molecule has 0 unspecified atom stereocenters. The van der Waals surface area contributed by atoms with Crippen molar-refractivity contribution in [3.8, 4) is 11.5 Å². The molecule has 0 bridgehead atoms. The maximum Gasteiger partial charge on any atom is 0.338 e. The zero-order valence-corrected chi connectivity index (χ0v) is 25.1. The lowest BCUT2D eigenvalue weighted by Gasteiger charge is -2.39. The number of unbranched alkanes of at least 4 members (excludes halogenated alkanes) is 4. The van der Waals surface area contributed by atoms with Crippen molar-refractivity contribution in [1.29, 1.82) is 0 Å². The Morgan fingerprint density at radius 1 is 1.03 bits per heavy atom. The maximum atomic E-state index is 12.1. The Balaban J connectivity index is 1.41. The molecule has 1 heterocycles. The van der Waals surface area contributed by atoms with Crippen LogP contribution in [0.1, 0.15) is 84.5 Å². The quantitative estimate of drug-likeness (QED) is 0.0674. The number of nitrogens with zero attached hydrogens (tertiary/aromatic N) is 3. The van der Waals surface area contributed by atoms with Crippen LogP contribution in [0, 0.1) is 20.8 Å². The lowest BCUT2D eigenvalue weighted by atomic mass is 9.84. The molecule has 0 saturated heterocycles. The average molecular weight is 538 g/mol. The van der Waals surface area contributed by atoms with Gasteiger partial charge in [0.2, 0.25) is 8.32 Å². The number of esters is 1. The molecule has 0 fully saturated rings. The number of benzene rings is 2. The van der Waals surface area contributed by atoms with Crippen molar-refractivity contribution < 1.29 is 18.7 Å². The van der Waals surface area contributed by atoms with Gasteiger partial charge in [0, 0.05) is 16.2 Å². The second-order valence-corrected chi connectivity index (χ2v) is 16.1. The molecule has 0 N–H and O–H groups in total. The fourth-order valence-corrected chi connectivity index (χ4v) is 5.93. The van der Waals surface area contributed by atoms with Gasteiger partial charge in [0.25, 0.3) is 0 Å². The SMILES string of the molecule is Cc1c(C)c2c(c(C)c1O[Si](C)(C)C)CC[C@@](C)(CCCCCCCOC(=O)c1ccc(N=[N+]=[N-])cc1)O2. The van der Waals surface area contributed by atoms with E-state index in [-0.39, 0.29) is 11.6 Å². The topological polar surface area (TPSA) is 93.5 Å². The standard InChI is InChI=1S/C30H43N3O4Si/c1-21-22(2)28-26(23(3)27(21)37-38(5,6)7)17-19-30(4,36-28)18-11-9-8-10-12-20-35-29(34)24-13-15-25(16-14-24)32-33-31/h13-16H,8-12,17-20H2,1-7H3/t30-/m1/s1. The van der Waals surface area contributed by atoms with Crippen LogP contribution in [0.25, 0.3) is 10.4 Å². The summed E-state index contributed by atoms with van der Waals surface area (Å²) in [5, 5.41) is 3.50. The van der Waals surface area contributed by atoms with Crippen molar-refractivity contribution in [3.63, 3.8) is 0 Å². The molecule has 1 atom stereocenters. The largest absolute Gasteiger partial charge is 0.544 e. The highest BCUT2D eigenvalue weighted by atomic mass is 28.4. The van der Waals surface area contributed by atoms with E-state index in [0.717, 1.165) is 62.9 Å². The zero-order chi connectivity index (χ0) is 27.9. The number of fused-ring (bicyclic) bond motifs is 1. The number of carbonyl (C=O) groups excluding carboxylic acids is 1. The van der Waals surface area contributed by atoms with E-state index in [9.17, 15) is 4.79 Å². The molecule has 0 saturated carbocycles. The molecule has 38 heavy (non-hydrogen) atoms. The summed E-state index contributed by atoms with van der Waals surface area (Å²) in [4.78, 5) is 14.9. The van der Waals surface area contributed by atoms with Crippen LogP contribution in [0.3, 0.4) is 0 Å². The molecule has 7 nitrogen and oxygen atoms in total. The van der Waals surface area contributed by atoms with E-state index in [2.05, 4.69) is 57.4 Å². The Bertz CT molecular complexity index is 1180. The van der Waals surface area contributed by atoms with Crippen molar-refractivity contribution >= 4 is 20.0 Å². The molecule has 0 spiro atoms. The van der Waals surface area contributed by atoms with Gasteiger partial charge in [0.1, 0.15) is 17.1 Å². The van der Waals surface area contributed by atoms with Gasteiger partial charge in [-0.25, -0.2) is 4.79 Å². The van der Waals surface area contributed by atoms with Crippen LogP contribution < -0.4 is 9.16 Å². The van der Waals surface area contributed by atoms with Gasteiger partial charge in [-0.2, -0.15) is 0 Å². The summed E-state index contributed by atoms with van der Waals surface area (Å²) in [6.07, 6.45) is 8.34. The number of ether oxygens (including phenoxy) is 2. The van der Waals surface area contributed by atoms with Crippen molar-refractivity contribution in [2.75, 3.05) is 6.61 Å². The molecule has 1 aliphatic heterocycles. The highest BCUT2D eigenvalue weighted by Gasteiger charge is 2.35. The molecule has 8 heteroatoms. The molecule has 2 aromatic carbocycles. The summed E-state index contributed by atoms with van der Waals surface area (Å²) in [6.45, 7) is 15.9. The van der Waals surface area contributed by atoms with E-state index in [4.69, 9.17) is 19.4 Å². The molecule has 0 amide bonds. The van der Waals surface area contributed by atoms with Gasteiger partial charge >= 0.3 is 5.97 Å². The summed E-state index contributed by atoms with van der Waals surface area (Å²) in [7, 11) is -1.70. The van der Waals surface area contributed by atoms with E-state index < -0.39 is 8.32 Å². The second kappa shape index (κ2) is 12.7. The third-order valence-corrected chi connectivity index (χ3v) is 8.13. The number of azide groups is 1. The van der Waals surface area contributed by atoms with Crippen LogP contribution in [0.2, 0.25) is 19.6 Å². The van der Waals surface area contributed by atoms with Crippen molar-refractivity contribution in [1.82, 2.24) is 0 Å². The van der Waals surface area contributed by atoms with Crippen LogP contribution in [0.15, 0.2) is 29.4 Å². The van der Waals surface area contributed by atoms with Crippen LogP contribution in [0.5, 0.6) is 11.5 Å². The first-order valence-corrected chi connectivity index (χ1v) is 17.2. The molecule has 3 rings (SSSR count). The minimum atomic E-state index is -1.70. The normalized spacial score (nSPS) is 16.7. The van der Waals surface area contributed by atoms with Crippen molar-refractivity contribution in [2.45, 2.75) is 104 Å². The van der Waals surface area contributed by atoms with Crippen LogP contribution >= 0.6 is 0 Å². The molecule has 2 aromatic rings. The van der Waals surface area contributed by atoms with Gasteiger partial charge in [0.05, 0.1) is 12.2 Å². The Hall–Kier alpha value is -2.96. The Morgan fingerprint density at radius 3 is 2.34 bits per heavy atom. The lowest BCUT2D eigenvalue weighted by molar-refractivity contribution is 0.0488. The van der Waals surface area contributed by atoms with Gasteiger partial charge < -0.3 is 13.9 Å². The summed E-state index contributed by atoms with van der Waals surface area (Å²) in [5.41, 5.74) is 14.2. The van der Waals surface area contributed by atoms with Crippen LogP contribution in [-0.2, 0) is 11.2 Å². The second-order valence-electron chi connectivity index (χ2n) is 11.7. The first-order chi connectivity index (χ1) is 17.9. The maximum absolute atomic E-state index is 12.1. The molecule has 0 radical (unpaired) electrons. The minimum Gasteiger partial charge on any atom is -0.544 e. The third-order valence-electron chi connectivity index (χ3n) is 7.32. The molecule has 206 valence electrons. The van der Waals surface area contributed by atoms with Gasteiger partial charge in [-0.05, 0) is 114 Å². The summed E-state index contributed by atoms with van der Waals surface area (Å²) in [6, 6.07) is 6.44. The van der Waals surface area contributed by atoms with E-state index >= 15 is 0 Å². The van der Waals surface area contributed by atoms with E-state index in [0.29, 0.717) is 17.9 Å². The predicted octanol–water partition coefficient (Wildman–Crippen LogP) is 9.05. The van der Waals surface area contributed by atoms with Gasteiger partial charge in [-0.1, -0.05) is 36.5 Å². The highest BCUT2D eigenvalue weighted by Crippen LogP contribution is 2.45. The highest BCUT2D eigenvalue weighted by molar-refractivity contribution is 6.70. The Kier molecular flexibility index (Phi) is 9.91. The van der Waals surface area contributed by atoms with Crippen molar-refractivity contribution in [3.05, 3.63) is 62.5 Å². The average Bonchev–Trinajstić information content (AvgIpc) is 2.87. The van der Waals surface area contributed by atoms with E-state index in [1.165, 1.54) is 22.3 Å². The Labute approximate surface area is 228 Å². The van der Waals surface area contributed by atoms with Gasteiger partial charge in [0.15, 0.2) is 0 Å². The molecule has 0 aromatic heterocycles. The van der Waals surface area contributed by atoms with E-state index in [1.54, 1.807) is 24.3 Å². The first kappa shape index (κ1) is 29.6. The number of hydrogen-bond donors (Lipinski definition) is 0. The van der Waals surface area contributed by atoms with Gasteiger partial charge in [-0.15, -0.1) is 0 Å². The third kappa shape index (κ3) is 7.78. The van der Waals surface area contributed by atoms with Crippen molar-refractivity contribution in [2.24, 2.45) is 5.11 Å². The first-order valence-electron chi connectivity index (χ1n) is 13.8. The minimum absolute atomic E-state index is 0.137. The van der Waals surface area contributed by atoms with Gasteiger partial charge in [-0.3, -0.25) is 0 Å². The fraction of sp³-hybridized carbons (Fsp3) is 0.567.